The molecule has 1 nitrogen and oxygen atoms in total. The van der Waals surface area contributed by atoms with Gasteiger partial charge in [-0.3, -0.25) is 0 Å². The van der Waals surface area contributed by atoms with Crippen LogP contribution in [0.25, 0.3) is 11.1 Å². The summed E-state index contributed by atoms with van der Waals surface area (Å²) in [4.78, 5) is 0. The van der Waals surface area contributed by atoms with E-state index < -0.39 is 11.6 Å². The summed E-state index contributed by atoms with van der Waals surface area (Å²) in [6, 6.07) is 10.2. The van der Waals surface area contributed by atoms with Gasteiger partial charge in [-0.05, 0) is 42.3 Å². The van der Waals surface area contributed by atoms with Gasteiger partial charge in [0.1, 0.15) is 17.4 Å². The van der Waals surface area contributed by atoms with Gasteiger partial charge in [-0.2, -0.15) is 0 Å². The first-order chi connectivity index (χ1) is 8.11. The van der Waals surface area contributed by atoms with Gasteiger partial charge in [0.15, 0.2) is 0 Å². The highest BCUT2D eigenvalue weighted by molar-refractivity contribution is 5.66. The Hall–Kier alpha value is -1.90. The molecule has 0 unspecified atom stereocenters. The number of hydrogen-bond donors (Lipinski definition) is 0. The van der Waals surface area contributed by atoms with Crippen LogP contribution in [-0.4, -0.2) is 7.11 Å². The normalized spacial score (nSPS) is 10.4. The number of rotatable bonds is 2. The number of benzene rings is 2. The van der Waals surface area contributed by atoms with Crippen molar-refractivity contribution >= 4 is 0 Å². The number of aryl methyl sites for hydroxylation is 1. The van der Waals surface area contributed by atoms with E-state index in [0.29, 0.717) is 16.9 Å². The lowest BCUT2D eigenvalue weighted by Crippen LogP contribution is -1.92. The van der Waals surface area contributed by atoms with E-state index in [1.807, 2.05) is 0 Å². The van der Waals surface area contributed by atoms with E-state index >= 15 is 0 Å². The summed E-state index contributed by atoms with van der Waals surface area (Å²) in [7, 11) is 1.48. The number of hydrogen-bond acceptors (Lipinski definition) is 1. The average Bonchev–Trinajstić information content (AvgIpc) is 2.28. The Morgan fingerprint density at radius 3 is 2.35 bits per heavy atom. The molecule has 0 fully saturated rings. The first-order valence-corrected chi connectivity index (χ1v) is 5.13. The molecule has 1 radical (unpaired) electrons. The summed E-state index contributed by atoms with van der Waals surface area (Å²) in [5.74, 6) is -0.701. The fourth-order valence-corrected chi connectivity index (χ4v) is 1.69. The molecular weight excluding hydrogens is 222 g/mol. The van der Waals surface area contributed by atoms with E-state index in [1.165, 1.54) is 19.2 Å². The minimum absolute atomic E-state index is 0.0390. The van der Waals surface area contributed by atoms with Gasteiger partial charge in [0.05, 0.1) is 12.7 Å². The average molecular weight is 233 g/mol. The predicted molar refractivity (Wildman–Crippen MR) is 61.9 cm³/mol. The third kappa shape index (κ3) is 2.28. The van der Waals surface area contributed by atoms with Crippen LogP contribution in [0.3, 0.4) is 0 Å². The molecule has 0 heterocycles. The Morgan fingerprint density at radius 2 is 1.76 bits per heavy atom. The van der Waals surface area contributed by atoms with Crippen LogP contribution in [0.1, 0.15) is 5.56 Å². The van der Waals surface area contributed by atoms with Gasteiger partial charge in [0.25, 0.3) is 0 Å². The molecule has 0 saturated heterocycles. The molecule has 2 aromatic rings. The second-order valence-electron chi connectivity index (χ2n) is 3.75. The molecule has 17 heavy (non-hydrogen) atoms. The molecule has 0 spiro atoms. The fraction of sp³-hybridized carbons (Fsp3) is 0.143. The molecule has 0 aliphatic heterocycles. The molecule has 2 aromatic carbocycles. The van der Waals surface area contributed by atoms with Crippen molar-refractivity contribution in [2.24, 2.45) is 0 Å². The zero-order valence-corrected chi connectivity index (χ0v) is 9.55. The highest BCUT2D eigenvalue weighted by atomic mass is 19.1. The zero-order valence-electron chi connectivity index (χ0n) is 9.55. The Morgan fingerprint density at radius 1 is 1.12 bits per heavy atom. The van der Waals surface area contributed by atoms with Gasteiger partial charge in [0, 0.05) is 6.07 Å². The van der Waals surface area contributed by atoms with E-state index in [4.69, 9.17) is 4.74 Å². The van der Waals surface area contributed by atoms with E-state index in [2.05, 4.69) is 6.07 Å². The Bertz CT molecular complexity index is 527. The van der Waals surface area contributed by atoms with Crippen molar-refractivity contribution < 1.29 is 13.5 Å². The molecular formula is C14H11F2O. The fourth-order valence-electron chi connectivity index (χ4n) is 1.69. The maximum Gasteiger partial charge on any atom is 0.134 e. The summed E-state index contributed by atoms with van der Waals surface area (Å²) >= 11 is 0. The lowest BCUT2D eigenvalue weighted by Gasteiger charge is -2.08. The summed E-state index contributed by atoms with van der Waals surface area (Å²) in [5, 5.41) is 0. The molecule has 0 atom stereocenters. The van der Waals surface area contributed by atoms with E-state index in [9.17, 15) is 8.78 Å². The van der Waals surface area contributed by atoms with Crippen molar-refractivity contribution in [2.75, 3.05) is 7.11 Å². The summed E-state index contributed by atoms with van der Waals surface area (Å²) in [6.07, 6.45) is 0. The second-order valence-corrected chi connectivity index (χ2v) is 3.75. The van der Waals surface area contributed by atoms with E-state index in [-0.39, 0.29) is 5.56 Å². The minimum Gasteiger partial charge on any atom is -0.496 e. The highest BCUT2D eigenvalue weighted by Gasteiger charge is 2.12. The van der Waals surface area contributed by atoms with Crippen molar-refractivity contribution in [3.05, 3.63) is 53.6 Å². The van der Waals surface area contributed by atoms with Crippen molar-refractivity contribution in [3.63, 3.8) is 0 Å². The van der Waals surface area contributed by atoms with Crippen LogP contribution in [0.2, 0.25) is 0 Å². The van der Waals surface area contributed by atoms with Gasteiger partial charge in [-0.1, -0.05) is 6.07 Å². The predicted octanol–water partition coefficient (Wildman–Crippen LogP) is 3.75. The van der Waals surface area contributed by atoms with Gasteiger partial charge in [0.2, 0.25) is 0 Å². The maximum atomic E-state index is 13.7. The summed E-state index contributed by atoms with van der Waals surface area (Å²) in [6.45, 7) is 1.65. The number of halogens is 2. The van der Waals surface area contributed by atoms with Gasteiger partial charge < -0.3 is 4.74 Å². The Labute approximate surface area is 98.7 Å². The Kier molecular flexibility index (Phi) is 3.09. The van der Waals surface area contributed by atoms with Crippen LogP contribution in [-0.2, 0) is 0 Å². The van der Waals surface area contributed by atoms with Crippen molar-refractivity contribution in [1.82, 2.24) is 0 Å². The van der Waals surface area contributed by atoms with Crippen molar-refractivity contribution in [1.29, 1.82) is 0 Å². The third-order valence-electron chi connectivity index (χ3n) is 2.47. The molecule has 0 aliphatic rings. The zero-order chi connectivity index (χ0) is 12.4. The van der Waals surface area contributed by atoms with Gasteiger partial charge >= 0.3 is 0 Å². The molecule has 3 heteroatoms. The number of methoxy groups -OCH3 is 1. The van der Waals surface area contributed by atoms with E-state index in [1.54, 1.807) is 25.1 Å². The minimum atomic E-state index is -0.573. The molecule has 0 aromatic heterocycles. The largest absolute Gasteiger partial charge is 0.496 e. The lowest BCUT2D eigenvalue weighted by atomic mass is 10.0. The second kappa shape index (κ2) is 4.53. The van der Waals surface area contributed by atoms with Gasteiger partial charge in [-0.15, -0.1) is 0 Å². The maximum absolute atomic E-state index is 13.7. The van der Waals surface area contributed by atoms with Crippen LogP contribution >= 0.6 is 0 Å². The Balaban J connectivity index is 2.60. The summed E-state index contributed by atoms with van der Waals surface area (Å²) < 4.78 is 32.5. The summed E-state index contributed by atoms with van der Waals surface area (Å²) in [5.41, 5.74) is 0.955. The number of ether oxygens (including phenoxy) is 1. The standard InChI is InChI=1S/C14H11F2O/c1-9-6-12(15)14(13(16)7-9)10-4-3-5-11(8-10)17-2/h3-4,6-8H,1-2H3. The highest BCUT2D eigenvalue weighted by Crippen LogP contribution is 2.29. The quantitative estimate of drug-likeness (QED) is 0.767. The molecule has 0 aliphatic carbocycles. The van der Waals surface area contributed by atoms with Crippen LogP contribution in [0, 0.1) is 24.6 Å². The topological polar surface area (TPSA) is 9.23 Å². The molecule has 0 bridgehead atoms. The van der Waals surface area contributed by atoms with Crippen molar-refractivity contribution in [3.8, 4) is 16.9 Å². The van der Waals surface area contributed by atoms with Gasteiger partial charge in [-0.25, -0.2) is 8.78 Å². The van der Waals surface area contributed by atoms with Crippen LogP contribution in [0.15, 0.2) is 30.3 Å². The molecule has 0 saturated carbocycles. The monoisotopic (exact) mass is 233 g/mol. The molecule has 87 valence electrons. The van der Waals surface area contributed by atoms with Crippen LogP contribution in [0.5, 0.6) is 5.75 Å². The smallest absolute Gasteiger partial charge is 0.134 e. The molecule has 2 rings (SSSR count). The molecule has 0 N–H and O–H groups in total. The SMILES string of the molecule is COc1[c]ccc(-c2c(F)cc(C)cc2F)c1. The van der Waals surface area contributed by atoms with Crippen LogP contribution in [0.4, 0.5) is 8.78 Å². The third-order valence-corrected chi connectivity index (χ3v) is 2.47. The van der Waals surface area contributed by atoms with Crippen LogP contribution < -0.4 is 4.74 Å². The first kappa shape index (κ1) is 11.6. The van der Waals surface area contributed by atoms with E-state index in [0.717, 1.165) is 0 Å². The van der Waals surface area contributed by atoms with Crippen molar-refractivity contribution in [2.45, 2.75) is 6.92 Å². The first-order valence-electron chi connectivity index (χ1n) is 5.13. The molecule has 0 amide bonds. The lowest BCUT2D eigenvalue weighted by molar-refractivity contribution is 0.414.